The predicted octanol–water partition coefficient (Wildman–Crippen LogP) is 4.21. The zero-order chi connectivity index (χ0) is 13.8. The van der Waals surface area contributed by atoms with Gasteiger partial charge in [0.2, 0.25) is 0 Å². The summed E-state index contributed by atoms with van der Waals surface area (Å²) in [6.07, 6.45) is 0. The van der Waals surface area contributed by atoms with Crippen molar-refractivity contribution in [2.45, 2.75) is 32.6 Å². The normalized spacial score (nSPS) is 12.7. The third kappa shape index (κ3) is 3.05. The van der Waals surface area contributed by atoms with Gasteiger partial charge in [0, 0.05) is 12.5 Å². The van der Waals surface area contributed by atoms with Crippen LogP contribution in [0.2, 0.25) is 0 Å². The Kier molecular flexibility index (Phi) is 4.39. The average Bonchev–Trinajstić information content (AvgIpc) is 2.42. The lowest BCUT2D eigenvalue weighted by Gasteiger charge is -2.20. The smallest absolute Gasteiger partial charge is 0.0215 e. The molecule has 0 saturated carbocycles. The van der Waals surface area contributed by atoms with Gasteiger partial charge in [0.25, 0.3) is 0 Å². The minimum absolute atomic E-state index is 0.292. The molecule has 0 aliphatic rings. The molecule has 0 spiro atoms. The second-order valence-electron chi connectivity index (χ2n) is 5.47. The number of hydrogen-bond acceptors (Lipinski definition) is 1. The van der Waals surface area contributed by atoms with Crippen molar-refractivity contribution >= 4 is 0 Å². The van der Waals surface area contributed by atoms with Gasteiger partial charge in [0.05, 0.1) is 0 Å². The van der Waals surface area contributed by atoms with Crippen LogP contribution in [0.5, 0.6) is 0 Å². The summed E-state index contributed by atoms with van der Waals surface area (Å²) in [6, 6.07) is 17.3. The van der Waals surface area contributed by atoms with Crippen molar-refractivity contribution in [2.24, 2.45) is 5.73 Å². The maximum Gasteiger partial charge on any atom is 0.0215 e. The molecule has 0 radical (unpaired) electrons. The molecule has 0 aromatic heterocycles. The van der Waals surface area contributed by atoms with Crippen molar-refractivity contribution in [2.75, 3.05) is 6.54 Å². The largest absolute Gasteiger partial charge is 0.330 e. The van der Waals surface area contributed by atoms with E-state index in [-0.39, 0.29) is 0 Å². The Balaban J connectivity index is 2.46. The van der Waals surface area contributed by atoms with Gasteiger partial charge in [-0.15, -0.1) is 0 Å². The molecule has 0 heterocycles. The van der Waals surface area contributed by atoms with E-state index in [1.54, 1.807) is 0 Å². The molecule has 0 fully saturated rings. The first-order chi connectivity index (χ1) is 9.13. The number of nitrogens with two attached hydrogens (primary N) is 1. The minimum atomic E-state index is 0.292. The van der Waals surface area contributed by atoms with Crippen LogP contribution < -0.4 is 5.73 Å². The first kappa shape index (κ1) is 13.8. The van der Waals surface area contributed by atoms with Gasteiger partial charge in [-0.25, -0.2) is 0 Å². The number of rotatable bonds is 4. The van der Waals surface area contributed by atoms with E-state index in [1.807, 2.05) is 0 Å². The van der Waals surface area contributed by atoms with E-state index in [1.165, 1.54) is 22.3 Å². The average molecular weight is 253 g/mol. The zero-order valence-corrected chi connectivity index (χ0v) is 12.1. The molecule has 0 amide bonds. The van der Waals surface area contributed by atoms with Crippen LogP contribution in [0.25, 0.3) is 0 Å². The molecule has 1 nitrogen and oxygen atoms in total. The van der Waals surface area contributed by atoms with Gasteiger partial charge in [0.15, 0.2) is 0 Å². The van der Waals surface area contributed by atoms with E-state index in [0.29, 0.717) is 18.4 Å². The fourth-order valence-electron chi connectivity index (χ4n) is 2.52. The van der Waals surface area contributed by atoms with Crippen LogP contribution in [-0.2, 0) is 0 Å². The molecule has 0 saturated heterocycles. The number of benzene rings is 2. The van der Waals surface area contributed by atoms with Gasteiger partial charge in [-0.1, -0.05) is 62.4 Å². The van der Waals surface area contributed by atoms with Crippen LogP contribution in [0.15, 0.2) is 48.5 Å². The van der Waals surface area contributed by atoms with Crippen LogP contribution >= 0.6 is 0 Å². The lowest BCUT2D eigenvalue weighted by molar-refractivity contribution is 0.799. The van der Waals surface area contributed by atoms with Crippen LogP contribution in [0.3, 0.4) is 0 Å². The Hall–Kier alpha value is -1.60. The summed E-state index contributed by atoms with van der Waals surface area (Å²) in [5, 5.41) is 0. The molecular formula is C18H23N. The SMILES string of the molecule is Cc1ccc(C(C)C)cc1C(CN)c1ccccc1. The predicted molar refractivity (Wildman–Crippen MR) is 82.6 cm³/mol. The Morgan fingerprint density at radius 2 is 1.63 bits per heavy atom. The maximum atomic E-state index is 6.03. The fourth-order valence-corrected chi connectivity index (χ4v) is 2.52. The second kappa shape index (κ2) is 6.03. The molecule has 0 aliphatic carbocycles. The van der Waals surface area contributed by atoms with E-state index in [0.717, 1.165) is 0 Å². The standard InChI is InChI=1S/C18H23N/c1-13(2)16-10-9-14(3)17(11-16)18(12-19)15-7-5-4-6-8-15/h4-11,13,18H,12,19H2,1-3H3. The molecule has 1 heteroatoms. The summed E-state index contributed by atoms with van der Waals surface area (Å²) in [4.78, 5) is 0. The maximum absolute atomic E-state index is 6.03. The highest BCUT2D eigenvalue weighted by molar-refractivity contribution is 5.41. The number of hydrogen-bond donors (Lipinski definition) is 1. The van der Waals surface area contributed by atoms with Crippen LogP contribution in [0.4, 0.5) is 0 Å². The van der Waals surface area contributed by atoms with Gasteiger partial charge in [-0.3, -0.25) is 0 Å². The Bertz CT molecular complexity index is 529. The highest BCUT2D eigenvalue weighted by atomic mass is 14.5. The molecular weight excluding hydrogens is 230 g/mol. The highest BCUT2D eigenvalue weighted by Crippen LogP contribution is 2.29. The van der Waals surface area contributed by atoms with Crippen molar-refractivity contribution in [1.82, 2.24) is 0 Å². The van der Waals surface area contributed by atoms with Crippen molar-refractivity contribution in [3.05, 3.63) is 70.8 Å². The zero-order valence-electron chi connectivity index (χ0n) is 12.1. The van der Waals surface area contributed by atoms with E-state index in [4.69, 9.17) is 5.73 Å². The molecule has 0 bridgehead atoms. The Morgan fingerprint density at radius 3 is 2.21 bits per heavy atom. The molecule has 2 aromatic rings. The van der Waals surface area contributed by atoms with Crippen LogP contribution in [0.1, 0.15) is 47.9 Å². The monoisotopic (exact) mass is 253 g/mol. The van der Waals surface area contributed by atoms with E-state index >= 15 is 0 Å². The van der Waals surface area contributed by atoms with Gasteiger partial charge < -0.3 is 5.73 Å². The summed E-state index contributed by atoms with van der Waals surface area (Å²) >= 11 is 0. The fraction of sp³-hybridized carbons (Fsp3) is 0.333. The van der Waals surface area contributed by atoms with Gasteiger partial charge in [0.1, 0.15) is 0 Å². The molecule has 100 valence electrons. The van der Waals surface area contributed by atoms with Gasteiger partial charge in [-0.05, 0) is 35.1 Å². The number of aryl methyl sites for hydroxylation is 1. The minimum Gasteiger partial charge on any atom is -0.330 e. The van der Waals surface area contributed by atoms with Crippen molar-refractivity contribution in [3.8, 4) is 0 Å². The first-order valence-corrected chi connectivity index (χ1v) is 6.99. The molecule has 2 N–H and O–H groups in total. The van der Waals surface area contributed by atoms with E-state index in [2.05, 4.69) is 69.3 Å². The van der Waals surface area contributed by atoms with Crippen molar-refractivity contribution < 1.29 is 0 Å². The summed E-state index contributed by atoms with van der Waals surface area (Å²) in [5.74, 6) is 0.841. The van der Waals surface area contributed by atoms with Crippen molar-refractivity contribution in [3.63, 3.8) is 0 Å². The molecule has 1 atom stereocenters. The Morgan fingerprint density at radius 1 is 0.947 bits per heavy atom. The summed E-state index contributed by atoms with van der Waals surface area (Å²) in [7, 11) is 0. The summed E-state index contributed by atoms with van der Waals surface area (Å²) in [5.41, 5.74) is 11.4. The lowest BCUT2D eigenvalue weighted by Crippen LogP contribution is -2.15. The Labute approximate surface area is 116 Å². The first-order valence-electron chi connectivity index (χ1n) is 6.99. The van der Waals surface area contributed by atoms with Gasteiger partial charge in [-0.2, -0.15) is 0 Å². The van der Waals surface area contributed by atoms with E-state index in [9.17, 15) is 0 Å². The van der Waals surface area contributed by atoms with Crippen molar-refractivity contribution in [1.29, 1.82) is 0 Å². The topological polar surface area (TPSA) is 26.0 Å². The summed E-state index contributed by atoms with van der Waals surface area (Å²) < 4.78 is 0. The molecule has 19 heavy (non-hydrogen) atoms. The third-order valence-corrected chi connectivity index (χ3v) is 3.78. The quantitative estimate of drug-likeness (QED) is 0.868. The molecule has 1 unspecified atom stereocenters. The third-order valence-electron chi connectivity index (χ3n) is 3.78. The van der Waals surface area contributed by atoms with E-state index < -0.39 is 0 Å². The van der Waals surface area contributed by atoms with Gasteiger partial charge >= 0.3 is 0 Å². The summed E-state index contributed by atoms with van der Waals surface area (Å²) in [6.45, 7) is 7.28. The second-order valence-corrected chi connectivity index (χ2v) is 5.47. The van der Waals surface area contributed by atoms with Crippen LogP contribution in [-0.4, -0.2) is 6.54 Å². The lowest BCUT2D eigenvalue weighted by atomic mass is 9.86. The highest BCUT2D eigenvalue weighted by Gasteiger charge is 2.15. The molecule has 2 aromatic carbocycles. The molecule has 0 aliphatic heterocycles. The van der Waals surface area contributed by atoms with Crippen LogP contribution in [0, 0.1) is 6.92 Å². The molecule has 2 rings (SSSR count).